The van der Waals surface area contributed by atoms with Crippen LogP contribution in [-0.2, 0) is 38.3 Å². The highest BCUT2D eigenvalue weighted by Gasteiger charge is 2.53. The minimum absolute atomic E-state index is 0.00419. The van der Waals surface area contributed by atoms with Gasteiger partial charge in [0, 0.05) is 25.0 Å². The topological polar surface area (TPSA) is 192 Å². The average Bonchev–Trinajstić information content (AvgIpc) is 3.29. The van der Waals surface area contributed by atoms with Crippen LogP contribution in [0.25, 0.3) is 0 Å². The minimum atomic E-state index is -1.14. The maximum Gasteiger partial charge on any atom is 0.357 e. The number of thioether (sulfide) groups is 1. The first-order chi connectivity index (χ1) is 17.5. The van der Waals surface area contributed by atoms with Crippen LogP contribution in [0, 0.1) is 0 Å². The lowest BCUT2D eigenvalue weighted by molar-refractivity contribution is -0.182. The summed E-state index contributed by atoms with van der Waals surface area (Å²) in [6, 6.07) is -1.71. The van der Waals surface area contributed by atoms with Crippen LogP contribution >= 0.6 is 23.1 Å². The third-order valence-electron chi connectivity index (χ3n) is 4.84. The fourth-order valence-electron chi connectivity index (χ4n) is 3.20. The molecule has 2 aliphatic rings. The highest BCUT2D eigenvalue weighted by atomic mass is 32.2. The Morgan fingerprint density at radius 3 is 2.68 bits per heavy atom. The molecular weight excluding hydrogens is 528 g/mol. The number of nitrogens with zero attached hydrogens (tertiary/aromatic N) is 3. The van der Waals surface area contributed by atoms with E-state index >= 15 is 0 Å². The number of aromatic nitrogens is 1. The Morgan fingerprint density at radius 2 is 2.03 bits per heavy atom. The minimum Gasteiger partial charge on any atom is -0.426 e. The number of esters is 2. The number of ether oxygens (including phenoxy) is 2. The van der Waals surface area contributed by atoms with Crippen molar-refractivity contribution in [2.45, 2.75) is 51.4 Å². The zero-order chi connectivity index (χ0) is 27.3. The number of carbonyl (C=O) groups excluding carboxylic acids is 5. The van der Waals surface area contributed by atoms with E-state index in [1.807, 2.05) is 0 Å². The third-order valence-corrected chi connectivity index (χ3v) is 6.78. The molecule has 2 aliphatic heterocycles. The zero-order valence-corrected chi connectivity index (χ0v) is 22.0. The highest BCUT2D eigenvalue weighted by molar-refractivity contribution is 8.00. The summed E-state index contributed by atoms with van der Waals surface area (Å²) in [5, 5.41) is 10.1. The molecule has 16 heteroatoms. The lowest BCUT2D eigenvalue weighted by Crippen LogP contribution is -2.70. The van der Waals surface area contributed by atoms with Crippen molar-refractivity contribution in [3.63, 3.8) is 0 Å². The van der Waals surface area contributed by atoms with Crippen LogP contribution < -0.4 is 16.4 Å². The summed E-state index contributed by atoms with van der Waals surface area (Å²) in [5.41, 5.74) is 5.47. The predicted octanol–water partition coefficient (Wildman–Crippen LogP) is -0.0945. The van der Waals surface area contributed by atoms with Gasteiger partial charge >= 0.3 is 11.9 Å². The molecule has 0 saturated carbocycles. The van der Waals surface area contributed by atoms with Crippen LogP contribution in [0.15, 0.2) is 22.3 Å². The number of hydrogen-bond donors (Lipinski definition) is 3. The van der Waals surface area contributed by atoms with Crippen LogP contribution in [0.2, 0.25) is 0 Å². The second kappa shape index (κ2) is 12.2. The Kier molecular flexibility index (Phi) is 9.23. The van der Waals surface area contributed by atoms with Gasteiger partial charge in [-0.25, -0.2) is 9.78 Å². The lowest BCUT2D eigenvalue weighted by atomic mass is 10.0. The number of fused-ring (bicyclic) bond motifs is 1. The number of thiazole rings is 1. The number of rotatable bonds is 10. The molecule has 0 aromatic carbocycles. The SMILES string of the molecule is CCON=C(C(=O)NC1C(=O)N2C(C(=O)OC(C)OC(C)=O)=CCS[C@H]12)c1csc(NC(=O)[C@H](C)N)n1. The van der Waals surface area contributed by atoms with Gasteiger partial charge in [0.2, 0.25) is 12.2 Å². The van der Waals surface area contributed by atoms with Gasteiger partial charge in [-0.2, -0.15) is 0 Å². The number of nitrogens with two attached hydrogens (primary N) is 1. The van der Waals surface area contributed by atoms with Crippen molar-refractivity contribution in [3.05, 3.63) is 22.8 Å². The second-order valence-electron chi connectivity index (χ2n) is 7.73. The number of anilines is 1. The smallest absolute Gasteiger partial charge is 0.357 e. The van der Waals surface area contributed by atoms with Gasteiger partial charge in [0.1, 0.15) is 29.4 Å². The summed E-state index contributed by atoms with van der Waals surface area (Å²) in [6.45, 7) is 5.92. The standard InChI is InChI=1S/C21H26N6O8S2/c1-5-33-26-14(12-8-37-21(23-12)25-16(29)9(2)22)17(30)24-15-18(31)27-13(6-7-36-19(15)27)20(32)35-11(4)34-10(3)28/h6,8-9,11,15,19H,5,7,22H2,1-4H3,(H,24,30)(H,23,25,29)/t9-,11?,15?,19+/m0/s1. The Labute approximate surface area is 219 Å². The number of oxime groups is 1. The van der Waals surface area contributed by atoms with Gasteiger partial charge in [0.15, 0.2) is 10.8 Å². The fraction of sp³-hybridized carbons (Fsp3) is 0.476. The number of carbonyl (C=O) groups is 5. The van der Waals surface area contributed by atoms with Crippen LogP contribution in [0.5, 0.6) is 0 Å². The van der Waals surface area contributed by atoms with E-state index in [0.29, 0.717) is 5.75 Å². The van der Waals surface area contributed by atoms with Crippen molar-refractivity contribution in [2.75, 3.05) is 17.7 Å². The zero-order valence-electron chi connectivity index (χ0n) is 20.4. The van der Waals surface area contributed by atoms with Crippen LogP contribution in [0.4, 0.5) is 5.13 Å². The highest BCUT2D eigenvalue weighted by Crippen LogP contribution is 2.38. The van der Waals surface area contributed by atoms with Crippen molar-refractivity contribution < 1.29 is 38.3 Å². The number of hydrogen-bond acceptors (Lipinski definition) is 13. The molecule has 1 aromatic rings. The van der Waals surface area contributed by atoms with E-state index in [1.54, 1.807) is 6.92 Å². The quantitative estimate of drug-likeness (QED) is 0.115. The molecule has 1 saturated heterocycles. The third kappa shape index (κ3) is 6.64. The molecule has 200 valence electrons. The first kappa shape index (κ1) is 28.1. The molecular formula is C21H26N6O8S2. The van der Waals surface area contributed by atoms with E-state index in [0.717, 1.165) is 11.3 Å². The van der Waals surface area contributed by atoms with Crippen molar-refractivity contribution in [1.29, 1.82) is 0 Å². The molecule has 37 heavy (non-hydrogen) atoms. The first-order valence-electron chi connectivity index (χ1n) is 11.1. The molecule has 3 heterocycles. The van der Waals surface area contributed by atoms with Gasteiger partial charge in [-0.3, -0.25) is 24.1 Å². The van der Waals surface area contributed by atoms with Crippen molar-refractivity contribution in [1.82, 2.24) is 15.2 Å². The van der Waals surface area contributed by atoms with E-state index in [-0.39, 0.29) is 28.8 Å². The maximum atomic E-state index is 13.1. The normalized spacial score (nSPS) is 20.5. The van der Waals surface area contributed by atoms with E-state index < -0.39 is 53.4 Å². The number of amides is 3. The summed E-state index contributed by atoms with van der Waals surface area (Å²) in [5.74, 6) is -2.80. The summed E-state index contributed by atoms with van der Waals surface area (Å²) in [4.78, 5) is 71.9. The molecule has 3 amide bonds. The van der Waals surface area contributed by atoms with Gasteiger partial charge in [-0.1, -0.05) is 5.16 Å². The summed E-state index contributed by atoms with van der Waals surface area (Å²) < 4.78 is 9.87. The predicted molar refractivity (Wildman–Crippen MR) is 133 cm³/mol. The number of nitrogens with one attached hydrogen (secondary N) is 2. The Morgan fingerprint density at radius 1 is 1.30 bits per heavy atom. The summed E-state index contributed by atoms with van der Waals surface area (Å²) in [7, 11) is 0. The van der Waals surface area contributed by atoms with Gasteiger partial charge in [0.05, 0.1) is 6.04 Å². The van der Waals surface area contributed by atoms with E-state index in [2.05, 4.69) is 20.8 Å². The fourth-order valence-corrected chi connectivity index (χ4v) is 5.09. The van der Waals surface area contributed by atoms with Crippen LogP contribution in [0.3, 0.4) is 0 Å². The van der Waals surface area contributed by atoms with E-state index in [9.17, 15) is 24.0 Å². The first-order valence-corrected chi connectivity index (χ1v) is 13.0. The monoisotopic (exact) mass is 554 g/mol. The van der Waals surface area contributed by atoms with Crippen molar-refractivity contribution in [3.8, 4) is 0 Å². The van der Waals surface area contributed by atoms with Crippen LogP contribution in [0.1, 0.15) is 33.4 Å². The second-order valence-corrected chi connectivity index (χ2v) is 9.74. The largest absolute Gasteiger partial charge is 0.426 e. The molecule has 0 spiro atoms. The molecule has 1 fully saturated rings. The Hall–Kier alpha value is -3.50. The van der Waals surface area contributed by atoms with Crippen molar-refractivity contribution in [2.24, 2.45) is 10.9 Å². The van der Waals surface area contributed by atoms with Gasteiger partial charge in [-0.05, 0) is 19.9 Å². The van der Waals surface area contributed by atoms with E-state index in [4.69, 9.17) is 20.0 Å². The van der Waals surface area contributed by atoms with Crippen molar-refractivity contribution >= 4 is 63.6 Å². The molecule has 14 nitrogen and oxygen atoms in total. The van der Waals surface area contributed by atoms with Gasteiger partial charge < -0.3 is 30.7 Å². The maximum absolute atomic E-state index is 13.1. The molecule has 4 N–H and O–H groups in total. The molecule has 2 unspecified atom stereocenters. The molecule has 1 aromatic heterocycles. The Bertz CT molecular complexity index is 1150. The van der Waals surface area contributed by atoms with Gasteiger partial charge in [-0.15, -0.1) is 23.1 Å². The van der Waals surface area contributed by atoms with Gasteiger partial charge in [0.25, 0.3) is 11.8 Å². The summed E-state index contributed by atoms with van der Waals surface area (Å²) in [6.07, 6.45) is 0.388. The molecule has 3 rings (SSSR count). The van der Waals surface area contributed by atoms with E-state index in [1.165, 1.54) is 48.9 Å². The van der Waals surface area contributed by atoms with Crippen LogP contribution in [-0.4, -0.2) is 81.4 Å². The molecule has 4 atom stereocenters. The molecule has 0 radical (unpaired) electrons. The molecule has 0 bridgehead atoms. The average molecular weight is 555 g/mol. The molecule has 0 aliphatic carbocycles. The number of β-lactam (4-membered cyclic amide) rings is 1. The summed E-state index contributed by atoms with van der Waals surface area (Å²) >= 11 is 2.39. The Balaban J connectivity index is 1.69. The lowest BCUT2D eigenvalue weighted by Gasteiger charge is -2.48.